The van der Waals surface area contributed by atoms with Gasteiger partial charge in [0.25, 0.3) is 5.22 Å². The van der Waals surface area contributed by atoms with Gasteiger partial charge in [-0.3, -0.25) is 0 Å². The van der Waals surface area contributed by atoms with Crippen LogP contribution in [-0.4, -0.2) is 10.2 Å². The molecule has 0 aliphatic rings. The number of nitrogens with zero attached hydrogens (tertiary/aromatic N) is 3. The molecule has 0 unspecified atom stereocenters. The highest BCUT2D eigenvalue weighted by Gasteiger charge is 2.10. The molecule has 0 saturated heterocycles. The van der Waals surface area contributed by atoms with Crippen molar-refractivity contribution in [2.24, 2.45) is 0 Å². The number of thioether (sulfide) groups is 1. The first kappa shape index (κ1) is 11.6. The van der Waals surface area contributed by atoms with Crippen molar-refractivity contribution in [3.8, 4) is 6.07 Å². The van der Waals surface area contributed by atoms with E-state index in [1.807, 2.05) is 0 Å². The lowest BCUT2D eigenvalue weighted by molar-refractivity contribution is 0.429. The zero-order chi connectivity index (χ0) is 12.3. The van der Waals surface area contributed by atoms with Crippen LogP contribution in [0.15, 0.2) is 27.8 Å². The Bertz CT molecular complexity index is 576. The number of aryl methyl sites for hydroxylation is 1. The predicted molar refractivity (Wildman–Crippen MR) is 59.7 cm³/mol. The molecule has 1 aromatic heterocycles. The van der Waals surface area contributed by atoms with E-state index >= 15 is 0 Å². The van der Waals surface area contributed by atoms with Gasteiger partial charge in [0.2, 0.25) is 5.89 Å². The lowest BCUT2D eigenvalue weighted by Gasteiger charge is -2.01. The number of rotatable bonds is 3. The number of aromatic nitrogens is 2. The van der Waals surface area contributed by atoms with Crippen molar-refractivity contribution in [1.29, 1.82) is 5.26 Å². The van der Waals surface area contributed by atoms with Gasteiger partial charge in [-0.25, -0.2) is 4.39 Å². The van der Waals surface area contributed by atoms with Crippen LogP contribution in [-0.2, 0) is 5.75 Å². The molecule has 6 heteroatoms. The SMILES string of the molecule is Cc1nnc(SCc2cccc(C#N)c2F)o1. The fourth-order valence-corrected chi connectivity index (χ4v) is 2.03. The Hall–Kier alpha value is -1.87. The summed E-state index contributed by atoms with van der Waals surface area (Å²) in [6.07, 6.45) is 0. The Balaban J connectivity index is 2.12. The Morgan fingerprint density at radius 1 is 1.47 bits per heavy atom. The molecule has 0 radical (unpaired) electrons. The maximum absolute atomic E-state index is 13.7. The second-order valence-corrected chi connectivity index (χ2v) is 4.19. The maximum Gasteiger partial charge on any atom is 0.276 e. The predicted octanol–water partition coefficient (Wildman–Crippen LogP) is 2.68. The quantitative estimate of drug-likeness (QED) is 0.782. The third-order valence-corrected chi connectivity index (χ3v) is 2.93. The van der Waals surface area contributed by atoms with Crippen LogP contribution in [0.2, 0.25) is 0 Å². The lowest BCUT2D eigenvalue weighted by atomic mass is 10.1. The van der Waals surface area contributed by atoms with Gasteiger partial charge in [0.1, 0.15) is 11.9 Å². The van der Waals surface area contributed by atoms with Gasteiger partial charge in [0.05, 0.1) is 5.56 Å². The summed E-state index contributed by atoms with van der Waals surface area (Å²) < 4.78 is 18.8. The van der Waals surface area contributed by atoms with Crippen LogP contribution in [0.1, 0.15) is 17.0 Å². The summed E-state index contributed by atoms with van der Waals surface area (Å²) in [5.41, 5.74) is 0.495. The van der Waals surface area contributed by atoms with Gasteiger partial charge >= 0.3 is 0 Å². The van der Waals surface area contributed by atoms with E-state index < -0.39 is 5.82 Å². The highest BCUT2D eigenvalue weighted by Crippen LogP contribution is 2.23. The van der Waals surface area contributed by atoms with Crippen molar-refractivity contribution in [2.75, 3.05) is 0 Å². The molecular formula is C11H8FN3OS. The Morgan fingerprint density at radius 2 is 2.29 bits per heavy atom. The first-order chi connectivity index (χ1) is 8.20. The number of hydrogen-bond acceptors (Lipinski definition) is 5. The molecule has 0 fully saturated rings. The van der Waals surface area contributed by atoms with E-state index in [-0.39, 0.29) is 5.56 Å². The van der Waals surface area contributed by atoms with Gasteiger partial charge in [0, 0.05) is 12.7 Å². The van der Waals surface area contributed by atoms with Gasteiger partial charge in [-0.15, -0.1) is 10.2 Å². The summed E-state index contributed by atoms with van der Waals surface area (Å²) >= 11 is 1.24. The van der Waals surface area contributed by atoms with E-state index in [2.05, 4.69) is 10.2 Å². The van der Waals surface area contributed by atoms with E-state index in [0.29, 0.717) is 22.4 Å². The van der Waals surface area contributed by atoms with E-state index in [1.54, 1.807) is 25.1 Å². The topological polar surface area (TPSA) is 62.7 Å². The number of hydrogen-bond donors (Lipinski definition) is 0. The van der Waals surface area contributed by atoms with E-state index in [9.17, 15) is 4.39 Å². The van der Waals surface area contributed by atoms with Crippen LogP contribution in [0.4, 0.5) is 4.39 Å². The molecule has 0 saturated carbocycles. The molecule has 0 atom stereocenters. The van der Waals surface area contributed by atoms with Crippen LogP contribution in [0, 0.1) is 24.1 Å². The van der Waals surface area contributed by atoms with Crippen LogP contribution in [0.3, 0.4) is 0 Å². The maximum atomic E-state index is 13.7. The van der Waals surface area contributed by atoms with Gasteiger partial charge in [-0.2, -0.15) is 5.26 Å². The molecule has 4 nitrogen and oxygen atoms in total. The van der Waals surface area contributed by atoms with E-state index in [0.717, 1.165) is 0 Å². The molecule has 0 aliphatic carbocycles. The minimum absolute atomic E-state index is 0.0461. The number of halogens is 1. The van der Waals surface area contributed by atoms with Crippen molar-refractivity contribution in [3.63, 3.8) is 0 Å². The van der Waals surface area contributed by atoms with Gasteiger partial charge in [0.15, 0.2) is 0 Å². The van der Waals surface area contributed by atoms with E-state index in [1.165, 1.54) is 17.8 Å². The van der Waals surface area contributed by atoms with Gasteiger partial charge in [-0.05, 0) is 11.6 Å². The summed E-state index contributed by atoms with van der Waals surface area (Å²) in [5, 5.41) is 16.6. The Morgan fingerprint density at radius 3 is 2.94 bits per heavy atom. The normalized spacial score (nSPS) is 10.2. The number of nitriles is 1. The second kappa shape index (κ2) is 4.97. The fourth-order valence-electron chi connectivity index (χ4n) is 1.25. The molecule has 1 heterocycles. The first-order valence-electron chi connectivity index (χ1n) is 4.81. The second-order valence-electron chi connectivity index (χ2n) is 3.27. The highest BCUT2D eigenvalue weighted by molar-refractivity contribution is 7.98. The molecule has 1 aromatic carbocycles. The molecule has 2 aromatic rings. The molecular weight excluding hydrogens is 241 g/mol. The minimum Gasteiger partial charge on any atom is -0.416 e. The molecule has 0 amide bonds. The summed E-state index contributed by atoms with van der Waals surface area (Å²) in [5.74, 6) is 0.334. The first-order valence-corrected chi connectivity index (χ1v) is 5.79. The summed E-state index contributed by atoms with van der Waals surface area (Å²) in [4.78, 5) is 0. The molecule has 2 rings (SSSR count). The van der Waals surface area contributed by atoms with Gasteiger partial charge in [-0.1, -0.05) is 23.9 Å². The lowest BCUT2D eigenvalue weighted by Crippen LogP contribution is -1.91. The zero-order valence-electron chi connectivity index (χ0n) is 8.98. The molecule has 0 aliphatic heterocycles. The third kappa shape index (κ3) is 2.63. The number of benzene rings is 1. The van der Waals surface area contributed by atoms with Crippen LogP contribution in [0.25, 0.3) is 0 Å². The average molecular weight is 249 g/mol. The van der Waals surface area contributed by atoms with Crippen LogP contribution in [0.5, 0.6) is 0 Å². The summed E-state index contributed by atoms with van der Waals surface area (Å²) in [6, 6.07) is 6.53. The fraction of sp³-hybridized carbons (Fsp3) is 0.182. The van der Waals surface area contributed by atoms with Crippen LogP contribution >= 0.6 is 11.8 Å². The van der Waals surface area contributed by atoms with Crippen molar-refractivity contribution >= 4 is 11.8 Å². The molecule has 17 heavy (non-hydrogen) atoms. The zero-order valence-corrected chi connectivity index (χ0v) is 9.79. The Labute approximate surface area is 101 Å². The highest BCUT2D eigenvalue weighted by atomic mass is 32.2. The summed E-state index contributed by atoms with van der Waals surface area (Å²) in [6.45, 7) is 1.69. The Kier molecular flexibility index (Phi) is 3.40. The van der Waals surface area contributed by atoms with Crippen molar-refractivity contribution in [1.82, 2.24) is 10.2 Å². The minimum atomic E-state index is -0.487. The monoisotopic (exact) mass is 249 g/mol. The molecule has 0 N–H and O–H groups in total. The smallest absolute Gasteiger partial charge is 0.276 e. The van der Waals surface area contributed by atoms with Crippen LogP contribution < -0.4 is 0 Å². The molecule has 86 valence electrons. The average Bonchev–Trinajstić information content (AvgIpc) is 2.74. The largest absolute Gasteiger partial charge is 0.416 e. The molecule has 0 spiro atoms. The van der Waals surface area contributed by atoms with E-state index in [4.69, 9.17) is 9.68 Å². The van der Waals surface area contributed by atoms with Crippen molar-refractivity contribution in [2.45, 2.75) is 17.9 Å². The van der Waals surface area contributed by atoms with Gasteiger partial charge < -0.3 is 4.42 Å². The standard InChI is InChI=1S/C11H8FN3OS/c1-7-14-15-11(16-7)17-6-9-4-2-3-8(5-13)10(9)12/h2-4H,6H2,1H3. The third-order valence-electron chi connectivity index (χ3n) is 2.06. The summed E-state index contributed by atoms with van der Waals surface area (Å²) in [7, 11) is 0. The van der Waals surface area contributed by atoms with Crippen molar-refractivity contribution < 1.29 is 8.81 Å². The van der Waals surface area contributed by atoms with Crippen molar-refractivity contribution in [3.05, 3.63) is 41.0 Å². The molecule has 0 bridgehead atoms.